The lowest BCUT2D eigenvalue weighted by molar-refractivity contribution is 0.0463. The standard InChI is InChI=1S/C15H14N2O2/c16-12-5-6-14(17-8-12)15(18)19-9-11-7-10-3-1-2-4-13(10)11/h1-6,8,11H,7,9,16H2. The van der Waals surface area contributed by atoms with E-state index in [4.69, 9.17) is 10.5 Å². The predicted octanol–water partition coefficient (Wildman–Crippen LogP) is 2.16. The van der Waals surface area contributed by atoms with Crippen molar-refractivity contribution in [1.29, 1.82) is 0 Å². The van der Waals surface area contributed by atoms with Crippen LogP contribution in [0.15, 0.2) is 42.6 Å². The largest absolute Gasteiger partial charge is 0.460 e. The van der Waals surface area contributed by atoms with E-state index in [2.05, 4.69) is 17.1 Å². The lowest BCUT2D eigenvalue weighted by atomic mass is 9.78. The van der Waals surface area contributed by atoms with Crippen LogP contribution in [0.3, 0.4) is 0 Å². The van der Waals surface area contributed by atoms with Crippen LogP contribution < -0.4 is 5.73 Å². The fourth-order valence-electron chi connectivity index (χ4n) is 2.29. The summed E-state index contributed by atoms with van der Waals surface area (Å²) in [4.78, 5) is 15.7. The molecule has 0 aliphatic heterocycles. The normalized spacial score (nSPS) is 16.3. The highest BCUT2D eigenvalue weighted by Gasteiger charge is 2.26. The Hall–Kier alpha value is -2.36. The number of carbonyl (C=O) groups excluding carboxylic acids is 1. The Kier molecular flexibility index (Phi) is 2.91. The van der Waals surface area contributed by atoms with Crippen molar-refractivity contribution in [3.8, 4) is 0 Å². The summed E-state index contributed by atoms with van der Waals surface area (Å²) in [5.74, 6) is -0.0849. The maximum atomic E-state index is 11.8. The van der Waals surface area contributed by atoms with E-state index in [0.717, 1.165) is 6.42 Å². The predicted molar refractivity (Wildman–Crippen MR) is 71.8 cm³/mol. The third-order valence-electron chi connectivity index (χ3n) is 3.37. The number of ether oxygens (including phenoxy) is 1. The zero-order valence-electron chi connectivity index (χ0n) is 10.4. The molecular formula is C15H14N2O2. The molecule has 2 aromatic rings. The fourth-order valence-corrected chi connectivity index (χ4v) is 2.29. The summed E-state index contributed by atoms with van der Waals surface area (Å²) in [5.41, 5.74) is 8.96. The maximum Gasteiger partial charge on any atom is 0.356 e. The molecule has 0 spiro atoms. The number of carbonyl (C=O) groups is 1. The first-order chi connectivity index (χ1) is 9.24. The maximum absolute atomic E-state index is 11.8. The summed E-state index contributed by atoms with van der Waals surface area (Å²) in [6.45, 7) is 0.405. The first kappa shape index (κ1) is 11.7. The van der Waals surface area contributed by atoms with Gasteiger partial charge in [0.1, 0.15) is 5.69 Å². The van der Waals surface area contributed by atoms with Crippen LogP contribution in [0, 0.1) is 0 Å². The van der Waals surface area contributed by atoms with E-state index < -0.39 is 5.97 Å². The molecule has 1 aromatic heterocycles. The molecule has 3 rings (SSSR count). The van der Waals surface area contributed by atoms with Crippen molar-refractivity contribution in [3.63, 3.8) is 0 Å². The molecule has 0 radical (unpaired) electrons. The van der Waals surface area contributed by atoms with Crippen molar-refractivity contribution in [2.75, 3.05) is 12.3 Å². The summed E-state index contributed by atoms with van der Waals surface area (Å²) >= 11 is 0. The molecule has 1 aromatic carbocycles. The van der Waals surface area contributed by atoms with E-state index >= 15 is 0 Å². The number of aromatic nitrogens is 1. The van der Waals surface area contributed by atoms with Crippen LogP contribution in [0.2, 0.25) is 0 Å². The van der Waals surface area contributed by atoms with Gasteiger partial charge in [0, 0.05) is 5.92 Å². The van der Waals surface area contributed by atoms with Gasteiger partial charge in [-0.1, -0.05) is 24.3 Å². The Balaban J connectivity index is 1.59. The number of hydrogen-bond donors (Lipinski definition) is 1. The Morgan fingerprint density at radius 3 is 2.89 bits per heavy atom. The number of nitrogen functional groups attached to an aromatic ring is 1. The number of nitrogens with zero attached hydrogens (tertiary/aromatic N) is 1. The topological polar surface area (TPSA) is 65.2 Å². The second-order valence-electron chi connectivity index (χ2n) is 4.68. The van der Waals surface area contributed by atoms with Crippen LogP contribution in [-0.4, -0.2) is 17.6 Å². The molecular weight excluding hydrogens is 240 g/mol. The van der Waals surface area contributed by atoms with Crippen molar-refractivity contribution in [2.24, 2.45) is 0 Å². The van der Waals surface area contributed by atoms with Gasteiger partial charge >= 0.3 is 5.97 Å². The second kappa shape index (κ2) is 4.72. The smallest absolute Gasteiger partial charge is 0.356 e. The molecule has 0 amide bonds. The number of hydrogen-bond acceptors (Lipinski definition) is 4. The third kappa shape index (κ3) is 2.29. The minimum Gasteiger partial charge on any atom is -0.460 e. The van der Waals surface area contributed by atoms with Gasteiger partial charge in [-0.15, -0.1) is 0 Å². The van der Waals surface area contributed by atoms with E-state index in [1.807, 2.05) is 12.1 Å². The second-order valence-corrected chi connectivity index (χ2v) is 4.68. The Morgan fingerprint density at radius 1 is 1.32 bits per heavy atom. The van der Waals surface area contributed by atoms with Gasteiger partial charge in [-0.25, -0.2) is 9.78 Å². The molecule has 96 valence electrons. The molecule has 1 unspecified atom stereocenters. The molecule has 1 aliphatic rings. The van der Waals surface area contributed by atoms with E-state index in [1.165, 1.54) is 17.3 Å². The van der Waals surface area contributed by atoms with Gasteiger partial charge in [0.2, 0.25) is 0 Å². The average molecular weight is 254 g/mol. The van der Waals surface area contributed by atoms with Crippen molar-refractivity contribution in [2.45, 2.75) is 12.3 Å². The SMILES string of the molecule is Nc1ccc(C(=O)OCC2Cc3ccccc32)nc1. The molecule has 19 heavy (non-hydrogen) atoms. The van der Waals surface area contributed by atoms with Crippen molar-refractivity contribution >= 4 is 11.7 Å². The first-order valence-corrected chi connectivity index (χ1v) is 6.20. The molecule has 1 heterocycles. The lowest BCUT2D eigenvalue weighted by Gasteiger charge is -2.29. The highest BCUT2D eigenvalue weighted by atomic mass is 16.5. The Bertz CT molecular complexity index is 608. The first-order valence-electron chi connectivity index (χ1n) is 6.20. The number of pyridine rings is 1. The van der Waals surface area contributed by atoms with Crippen LogP contribution in [0.1, 0.15) is 27.5 Å². The van der Waals surface area contributed by atoms with Crippen LogP contribution in [0.25, 0.3) is 0 Å². The number of anilines is 1. The van der Waals surface area contributed by atoms with Gasteiger partial charge in [0.15, 0.2) is 0 Å². The highest BCUT2D eigenvalue weighted by molar-refractivity contribution is 5.87. The van der Waals surface area contributed by atoms with Gasteiger partial charge in [-0.2, -0.15) is 0 Å². The highest BCUT2D eigenvalue weighted by Crippen LogP contribution is 2.34. The monoisotopic (exact) mass is 254 g/mol. The number of rotatable bonds is 3. The van der Waals surface area contributed by atoms with Crippen molar-refractivity contribution < 1.29 is 9.53 Å². The molecule has 0 saturated heterocycles. The Morgan fingerprint density at radius 2 is 2.16 bits per heavy atom. The van der Waals surface area contributed by atoms with Crippen LogP contribution in [0.4, 0.5) is 5.69 Å². The molecule has 1 aliphatic carbocycles. The van der Waals surface area contributed by atoms with E-state index in [1.54, 1.807) is 12.1 Å². The summed E-state index contributed by atoms with van der Waals surface area (Å²) in [5, 5.41) is 0. The number of benzene rings is 1. The quantitative estimate of drug-likeness (QED) is 0.852. The number of esters is 1. The molecule has 4 heteroatoms. The molecule has 1 atom stereocenters. The van der Waals surface area contributed by atoms with Gasteiger partial charge in [-0.3, -0.25) is 0 Å². The van der Waals surface area contributed by atoms with Gasteiger partial charge in [-0.05, 0) is 29.7 Å². The van der Waals surface area contributed by atoms with E-state index in [9.17, 15) is 4.79 Å². The Labute approximate surface area is 111 Å². The van der Waals surface area contributed by atoms with Gasteiger partial charge < -0.3 is 10.5 Å². The third-order valence-corrected chi connectivity index (χ3v) is 3.37. The average Bonchev–Trinajstić information content (AvgIpc) is 2.40. The minimum absolute atomic E-state index is 0.293. The molecule has 4 nitrogen and oxygen atoms in total. The summed E-state index contributed by atoms with van der Waals surface area (Å²) in [6.07, 6.45) is 2.42. The van der Waals surface area contributed by atoms with E-state index in [0.29, 0.717) is 23.9 Å². The zero-order chi connectivity index (χ0) is 13.2. The number of fused-ring (bicyclic) bond motifs is 1. The zero-order valence-corrected chi connectivity index (χ0v) is 10.4. The summed E-state index contributed by atoms with van der Waals surface area (Å²) in [6, 6.07) is 11.4. The van der Waals surface area contributed by atoms with Crippen molar-refractivity contribution in [1.82, 2.24) is 4.98 Å². The summed E-state index contributed by atoms with van der Waals surface area (Å²) < 4.78 is 5.29. The summed E-state index contributed by atoms with van der Waals surface area (Å²) in [7, 11) is 0. The number of nitrogens with two attached hydrogens (primary N) is 1. The van der Waals surface area contributed by atoms with Crippen LogP contribution in [-0.2, 0) is 11.2 Å². The van der Waals surface area contributed by atoms with Crippen LogP contribution >= 0.6 is 0 Å². The molecule has 2 N–H and O–H groups in total. The molecule has 0 fully saturated rings. The van der Waals surface area contributed by atoms with E-state index in [-0.39, 0.29) is 0 Å². The van der Waals surface area contributed by atoms with Crippen molar-refractivity contribution in [3.05, 3.63) is 59.4 Å². The molecule has 0 saturated carbocycles. The van der Waals surface area contributed by atoms with Gasteiger partial charge in [0.05, 0.1) is 18.5 Å². The fraction of sp³-hybridized carbons (Fsp3) is 0.200. The minimum atomic E-state index is -0.399. The molecule has 0 bridgehead atoms. The van der Waals surface area contributed by atoms with Gasteiger partial charge in [0.25, 0.3) is 0 Å². The van der Waals surface area contributed by atoms with Crippen LogP contribution in [0.5, 0.6) is 0 Å². The lowest BCUT2D eigenvalue weighted by Crippen LogP contribution is -2.23.